The summed E-state index contributed by atoms with van der Waals surface area (Å²) in [5, 5.41) is 4.48. The molecule has 0 unspecified atom stereocenters. The van der Waals surface area contributed by atoms with Gasteiger partial charge in [0, 0.05) is 25.2 Å². The Bertz CT molecular complexity index is 954. The van der Waals surface area contributed by atoms with Gasteiger partial charge in [-0.15, -0.1) is 11.3 Å². The lowest BCUT2D eigenvalue weighted by atomic mass is 10.0. The van der Waals surface area contributed by atoms with Crippen molar-refractivity contribution in [2.75, 3.05) is 11.4 Å². The van der Waals surface area contributed by atoms with Crippen LogP contribution < -0.4 is 14.9 Å². The molecule has 9 heteroatoms. The third kappa shape index (κ3) is 5.23. The van der Waals surface area contributed by atoms with Gasteiger partial charge >= 0.3 is 0 Å². The lowest BCUT2D eigenvalue weighted by Crippen LogP contribution is -2.49. The zero-order valence-corrected chi connectivity index (χ0v) is 18.1. The lowest BCUT2D eigenvalue weighted by molar-refractivity contribution is -0.123. The van der Waals surface area contributed by atoms with Crippen LogP contribution in [0.25, 0.3) is 0 Å². The van der Waals surface area contributed by atoms with Crippen molar-refractivity contribution < 1.29 is 18.0 Å². The summed E-state index contributed by atoms with van der Waals surface area (Å²) in [6.07, 6.45) is 1.45. The first kappa shape index (κ1) is 21.5. The number of carbonyl (C=O) groups excluding carboxylic acids is 2. The normalized spacial score (nSPS) is 15.7. The number of benzene rings is 1. The van der Waals surface area contributed by atoms with Gasteiger partial charge in [0.15, 0.2) is 0 Å². The van der Waals surface area contributed by atoms with Crippen LogP contribution in [0.3, 0.4) is 0 Å². The van der Waals surface area contributed by atoms with Gasteiger partial charge in [-0.05, 0) is 41.5 Å². The molecule has 1 atom stereocenters. The van der Waals surface area contributed by atoms with Crippen molar-refractivity contribution in [3.63, 3.8) is 0 Å². The van der Waals surface area contributed by atoms with Crippen molar-refractivity contribution in [2.45, 2.75) is 43.5 Å². The van der Waals surface area contributed by atoms with Gasteiger partial charge in [0.2, 0.25) is 11.8 Å². The molecular formula is C20H25N3O4S2. The van der Waals surface area contributed by atoms with E-state index in [1.165, 1.54) is 6.07 Å². The third-order valence-electron chi connectivity index (χ3n) is 4.78. The molecule has 1 aliphatic rings. The number of anilines is 1. The van der Waals surface area contributed by atoms with Gasteiger partial charge < -0.3 is 10.2 Å². The molecule has 1 saturated heterocycles. The molecule has 0 bridgehead atoms. The van der Waals surface area contributed by atoms with Crippen LogP contribution in [0.2, 0.25) is 0 Å². The molecule has 29 heavy (non-hydrogen) atoms. The van der Waals surface area contributed by atoms with Crippen LogP contribution in [-0.2, 0) is 26.2 Å². The first-order valence-corrected chi connectivity index (χ1v) is 11.9. The Labute approximate surface area is 175 Å². The van der Waals surface area contributed by atoms with Gasteiger partial charge in [0.05, 0.1) is 0 Å². The maximum absolute atomic E-state index is 12.6. The van der Waals surface area contributed by atoms with Crippen molar-refractivity contribution in [1.82, 2.24) is 10.0 Å². The van der Waals surface area contributed by atoms with Gasteiger partial charge in [-0.3, -0.25) is 9.59 Å². The molecule has 0 saturated carbocycles. The second-order valence-corrected chi connectivity index (χ2v) is 10.2. The molecular weight excluding hydrogens is 410 g/mol. The topological polar surface area (TPSA) is 95.6 Å². The number of hydrogen-bond donors (Lipinski definition) is 2. The van der Waals surface area contributed by atoms with Gasteiger partial charge in [0.25, 0.3) is 10.0 Å². The monoisotopic (exact) mass is 435 g/mol. The Balaban J connectivity index is 1.61. The summed E-state index contributed by atoms with van der Waals surface area (Å²) < 4.78 is 27.6. The van der Waals surface area contributed by atoms with Crippen LogP contribution >= 0.6 is 11.3 Å². The molecule has 7 nitrogen and oxygen atoms in total. The fraction of sp³-hybridized carbons (Fsp3) is 0.400. The molecule has 1 aromatic heterocycles. The van der Waals surface area contributed by atoms with E-state index in [0.717, 1.165) is 35.6 Å². The molecule has 2 N–H and O–H groups in total. The van der Waals surface area contributed by atoms with Crippen LogP contribution in [0.4, 0.5) is 5.69 Å². The molecule has 1 fully saturated rings. The van der Waals surface area contributed by atoms with Gasteiger partial charge in [-0.1, -0.05) is 32.0 Å². The van der Waals surface area contributed by atoms with E-state index in [-0.39, 0.29) is 28.5 Å². The largest absolute Gasteiger partial charge is 0.351 e. The molecule has 2 heterocycles. The number of thiophene rings is 1. The molecule has 3 rings (SSSR count). The predicted molar refractivity (Wildman–Crippen MR) is 113 cm³/mol. The van der Waals surface area contributed by atoms with E-state index in [9.17, 15) is 18.0 Å². The summed E-state index contributed by atoms with van der Waals surface area (Å²) in [4.78, 5) is 26.2. The van der Waals surface area contributed by atoms with Gasteiger partial charge in [-0.2, -0.15) is 4.72 Å². The highest BCUT2D eigenvalue weighted by Crippen LogP contribution is 2.22. The average molecular weight is 436 g/mol. The van der Waals surface area contributed by atoms with Crippen molar-refractivity contribution in [1.29, 1.82) is 0 Å². The third-order valence-corrected chi connectivity index (χ3v) is 7.62. The zero-order valence-electron chi connectivity index (χ0n) is 16.4. The first-order valence-electron chi connectivity index (χ1n) is 9.51. The number of nitrogens with zero attached hydrogens (tertiary/aromatic N) is 1. The Morgan fingerprint density at radius 3 is 2.48 bits per heavy atom. The number of carbonyl (C=O) groups is 2. The summed E-state index contributed by atoms with van der Waals surface area (Å²) >= 11 is 1.11. The molecule has 0 radical (unpaired) electrons. The lowest BCUT2D eigenvalue weighted by Gasteiger charge is -2.21. The van der Waals surface area contributed by atoms with Crippen LogP contribution in [0.5, 0.6) is 0 Å². The summed E-state index contributed by atoms with van der Waals surface area (Å²) in [7, 11) is -3.74. The highest BCUT2D eigenvalue weighted by molar-refractivity contribution is 7.91. The Kier molecular flexibility index (Phi) is 6.71. The van der Waals surface area contributed by atoms with E-state index >= 15 is 0 Å². The summed E-state index contributed by atoms with van der Waals surface area (Å²) in [6.45, 7) is 4.60. The highest BCUT2D eigenvalue weighted by Gasteiger charge is 2.28. The zero-order chi connectivity index (χ0) is 21.0. The highest BCUT2D eigenvalue weighted by atomic mass is 32.2. The number of nitrogens with one attached hydrogen (secondary N) is 2. The average Bonchev–Trinajstić information content (AvgIpc) is 3.37. The Hall–Kier alpha value is -2.23. The fourth-order valence-electron chi connectivity index (χ4n) is 3.15. The number of amides is 2. The summed E-state index contributed by atoms with van der Waals surface area (Å²) in [5.74, 6) is -0.462. The van der Waals surface area contributed by atoms with Crippen LogP contribution in [0.15, 0.2) is 46.0 Å². The van der Waals surface area contributed by atoms with Gasteiger partial charge in [-0.25, -0.2) is 8.42 Å². The molecule has 2 aromatic rings. The van der Waals surface area contributed by atoms with Crippen LogP contribution in [0.1, 0.15) is 32.3 Å². The van der Waals surface area contributed by atoms with E-state index in [2.05, 4.69) is 10.0 Å². The minimum Gasteiger partial charge on any atom is -0.351 e. The minimum atomic E-state index is -3.74. The van der Waals surface area contributed by atoms with E-state index in [0.29, 0.717) is 6.42 Å². The standard InChI is InChI=1S/C20H25N3O4S2/c1-14(2)19(22-29(26,27)18-6-4-12-28-18)20(25)21-13-15-7-9-16(10-8-15)23-11-3-5-17(23)24/h4,6-10,12,14,19,22H,3,5,11,13H2,1-2H3,(H,21,25)/t19-/m0/s1. The van der Waals surface area contributed by atoms with E-state index in [1.54, 1.807) is 30.2 Å². The first-order chi connectivity index (χ1) is 13.8. The van der Waals surface area contributed by atoms with E-state index in [4.69, 9.17) is 0 Å². The maximum Gasteiger partial charge on any atom is 0.250 e. The quantitative estimate of drug-likeness (QED) is 0.666. The molecule has 0 spiro atoms. The van der Waals surface area contributed by atoms with Crippen molar-refractivity contribution in [3.8, 4) is 0 Å². The van der Waals surface area contributed by atoms with E-state index < -0.39 is 16.1 Å². The summed E-state index contributed by atoms with van der Waals surface area (Å²) in [5.41, 5.74) is 1.73. The Morgan fingerprint density at radius 1 is 1.21 bits per heavy atom. The fourth-order valence-corrected chi connectivity index (χ4v) is 5.50. The predicted octanol–water partition coefficient (Wildman–Crippen LogP) is 2.49. The van der Waals surface area contributed by atoms with Crippen LogP contribution in [-0.4, -0.2) is 32.8 Å². The molecule has 0 aliphatic carbocycles. The molecule has 2 amide bonds. The molecule has 1 aromatic carbocycles. The van der Waals surface area contributed by atoms with Crippen molar-refractivity contribution in [3.05, 3.63) is 47.3 Å². The summed E-state index contributed by atoms with van der Waals surface area (Å²) in [6, 6.07) is 9.75. The SMILES string of the molecule is CC(C)[C@H](NS(=O)(=O)c1cccs1)C(=O)NCc1ccc(N2CCCC2=O)cc1. The second-order valence-electron chi connectivity index (χ2n) is 7.31. The van der Waals surface area contributed by atoms with E-state index in [1.807, 2.05) is 24.3 Å². The van der Waals surface area contributed by atoms with Crippen LogP contribution in [0, 0.1) is 5.92 Å². The smallest absolute Gasteiger partial charge is 0.250 e. The second kappa shape index (κ2) is 9.06. The number of hydrogen-bond acceptors (Lipinski definition) is 5. The van der Waals surface area contributed by atoms with Crippen molar-refractivity contribution in [2.24, 2.45) is 5.92 Å². The molecule has 1 aliphatic heterocycles. The minimum absolute atomic E-state index is 0.129. The number of sulfonamides is 1. The Morgan fingerprint density at radius 2 is 1.93 bits per heavy atom. The maximum atomic E-state index is 12.6. The molecule has 156 valence electrons. The van der Waals surface area contributed by atoms with Crippen molar-refractivity contribution >= 4 is 38.9 Å². The number of rotatable bonds is 8. The van der Waals surface area contributed by atoms with Gasteiger partial charge in [0.1, 0.15) is 10.3 Å².